The van der Waals surface area contributed by atoms with Gasteiger partial charge in [-0.25, -0.2) is 0 Å². The fourth-order valence-corrected chi connectivity index (χ4v) is 1.99. The van der Waals surface area contributed by atoms with Crippen molar-refractivity contribution < 1.29 is 9.84 Å². The summed E-state index contributed by atoms with van der Waals surface area (Å²) in [6.45, 7) is 1.22. The number of aliphatic hydroxyl groups excluding tert-OH is 1. The predicted octanol–water partition coefficient (Wildman–Crippen LogP) is 2.58. The highest BCUT2D eigenvalue weighted by atomic mass is 35.5. The van der Waals surface area contributed by atoms with Gasteiger partial charge in [0.15, 0.2) is 0 Å². The van der Waals surface area contributed by atoms with E-state index in [9.17, 15) is 0 Å². The zero-order chi connectivity index (χ0) is 10.9. The molecule has 84 valence electrons. The van der Waals surface area contributed by atoms with Crippen LogP contribution in [0.2, 0.25) is 5.02 Å². The third-order valence-corrected chi connectivity index (χ3v) is 3.03. The topological polar surface area (TPSA) is 29.5 Å². The summed E-state index contributed by atoms with van der Waals surface area (Å²) in [6, 6.07) is 7.87. The smallest absolute Gasteiger partial charge is 0.0698 e. The average molecular weight is 247 g/mol. The van der Waals surface area contributed by atoms with Crippen molar-refractivity contribution in [2.45, 2.75) is 5.75 Å². The molecule has 0 aliphatic rings. The molecule has 15 heavy (non-hydrogen) atoms. The Morgan fingerprint density at radius 2 is 1.93 bits per heavy atom. The summed E-state index contributed by atoms with van der Waals surface area (Å²) in [6.07, 6.45) is 0. The van der Waals surface area contributed by atoms with Crippen LogP contribution in [0.3, 0.4) is 0 Å². The fraction of sp³-hybridized carbons (Fsp3) is 0.455. The number of halogens is 1. The van der Waals surface area contributed by atoms with E-state index in [1.165, 1.54) is 5.56 Å². The largest absolute Gasteiger partial charge is 0.394 e. The molecule has 1 aromatic carbocycles. The molecule has 0 amide bonds. The van der Waals surface area contributed by atoms with Crippen LogP contribution >= 0.6 is 23.4 Å². The van der Waals surface area contributed by atoms with Gasteiger partial charge in [0.2, 0.25) is 0 Å². The van der Waals surface area contributed by atoms with Gasteiger partial charge in [-0.1, -0.05) is 23.7 Å². The summed E-state index contributed by atoms with van der Waals surface area (Å²) >= 11 is 7.59. The van der Waals surface area contributed by atoms with E-state index in [1.54, 1.807) is 0 Å². The maximum absolute atomic E-state index is 8.48. The van der Waals surface area contributed by atoms with Gasteiger partial charge in [0.05, 0.1) is 19.8 Å². The Morgan fingerprint density at radius 3 is 2.60 bits per heavy atom. The van der Waals surface area contributed by atoms with Crippen molar-refractivity contribution in [3.05, 3.63) is 34.9 Å². The van der Waals surface area contributed by atoms with E-state index in [4.69, 9.17) is 21.4 Å². The minimum atomic E-state index is 0.0991. The van der Waals surface area contributed by atoms with Crippen LogP contribution in [0, 0.1) is 0 Å². The van der Waals surface area contributed by atoms with E-state index < -0.39 is 0 Å². The molecular weight excluding hydrogens is 232 g/mol. The van der Waals surface area contributed by atoms with Gasteiger partial charge >= 0.3 is 0 Å². The molecule has 1 aromatic rings. The number of hydrogen-bond acceptors (Lipinski definition) is 3. The van der Waals surface area contributed by atoms with Gasteiger partial charge in [0, 0.05) is 16.5 Å². The van der Waals surface area contributed by atoms with E-state index in [0.717, 1.165) is 16.5 Å². The summed E-state index contributed by atoms with van der Waals surface area (Å²) in [7, 11) is 0. The molecule has 0 heterocycles. The molecule has 0 fully saturated rings. The van der Waals surface area contributed by atoms with Crippen molar-refractivity contribution in [3.8, 4) is 0 Å². The normalized spacial score (nSPS) is 10.5. The van der Waals surface area contributed by atoms with Crippen molar-refractivity contribution in [3.63, 3.8) is 0 Å². The van der Waals surface area contributed by atoms with Gasteiger partial charge in [-0.2, -0.15) is 11.8 Å². The number of ether oxygens (including phenoxy) is 1. The van der Waals surface area contributed by atoms with Crippen LogP contribution in [0.4, 0.5) is 0 Å². The van der Waals surface area contributed by atoms with Crippen LogP contribution < -0.4 is 0 Å². The first-order valence-corrected chi connectivity index (χ1v) is 6.37. The average Bonchev–Trinajstić information content (AvgIpc) is 2.26. The molecule has 1 N–H and O–H groups in total. The SMILES string of the molecule is OCCOCCSCc1ccc(Cl)cc1. The quantitative estimate of drug-likeness (QED) is 0.750. The number of rotatable bonds is 7. The lowest BCUT2D eigenvalue weighted by Crippen LogP contribution is -2.02. The molecular formula is C11H15ClO2S. The first-order valence-electron chi connectivity index (χ1n) is 4.83. The van der Waals surface area contributed by atoms with Gasteiger partial charge in [0.1, 0.15) is 0 Å². The molecule has 0 aromatic heterocycles. The first-order chi connectivity index (χ1) is 7.33. The van der Waals surface area contributed by atoms with Crippen molar-refractivity contribution in [2.24, 2.45) is 0 Å². The van der Waals surface area contributed by atoms with Crippen molar-refractivity contribution in [1.82, 2.24) is 0 Å². The molecule has 0 atom stereocenters. The summed E-state index contributed by atoms with van der Waals surface area (Å²) in [4.78, 5) is 0. The zero-order valence-electron chi connectivity index (χ0n) is 8.49. The monoisotopic (exact) mass is 246 g/mol. The van der Waals surface area contributed by atoms with Gasteiger partial charge in [0.25, 0.3) is 0 Å². The predicted molar refractivity (Wildman–Crippen MR) is 65.5 cm³/mol. The van der Waals surface area contributed by atoms with Gasteiger partial charge < -0.3 is 9.84 Å². The summed E-state index contributed by atoms with van der Waals surface area (Å²) in [5.41, 5.74) is 1.27. The van der Waals surface area contributed by atoms with Crippen LogP contribution in [-0.2, 0) is 10.5 Å². The molecule has 0 aliphatic heterocycles. The highest BCUT2D eigenvalue weighted by molar-refractivity contribution is 7.98. The Morgan fingerprint density at radius 1 is 1.20 bits per heavy atom. The van der Waals surface area contributed by atoms with Crippen LogP contribution in [0.5, 0.6) is 0 Å². The molecule has 1 rings (SSSR count). The van der Waals surface area contributed by atoms with Gasteiger partial charge in [-0.15, -0.1) is 0 Å². The second-order valence-electron chi connectivity index (χ2n) is 3.02. The lowest BCUT2D eigenvalue weighted by molar-refractivity contribution is 0.103. The zero-order valence-corrected chi connectivity index (χ0v) is 10.1. The first kappa shape index (κ1) is 12.8. The van der Waals surface area contributed by atoms with Gasteiger partial charge in [-0.3, -0.25) is 0 Å². The molecule has 0 bridgehead atoms. The second kappa shape index (κ2) is 7.99. The van der Waals surface area contributed by atoms with Gasteiger partial charge in [-0.05, 0) is 17.7 Å². The Labute approximate surface area is 99.6 Å². The Balaban J connectivity index is 2.07. The number of benzene rings is 1. The summed E-state index contributed by atoms with van der Waals surface area (Å²) < 4.78 is 5.15. The Kier molecular flexibility index (Phi) is 6.85. The molecule has 0 unspecified atom stereocenters. The minimum Gasteiger partial charge on any atom is -0.394 e. The van der Waals surface area contributed by atoms with E-state index in [0.29, 0.717) is 13.2 Å². The number of hydrogen-bond donors (Lipinski definition) is 1. The molecule has 0 radical (unpaired) electrons. The molecule has 0 saturated heterocycles. The molecule has 2 nitrogen and oxygen atoms in total. The van der Waals surface area contributed by atoms with Crippen LogP contribution in [0.25, 0.3) is 0 Å². The lowest BCUT2D eigenvalue weighted by Gasteiger charge is -2.03. The van der Waals surface area contributed by atoms with E-state index in [1.807, 2.05) is 36.0 Å². The third kappa shape index (κ3) is 6.05. The van der Waals surface area contributed by atoms with E-state index >= 15 is 0 Å². The maximum atomic E-state index is 8.48. The maximum Gasteiger partial charge on any atom is 0.0698 e. The van der Waals surface area contributed by atoms with E-state index in [2.05, 4.69) is 0 Å². The molecule has 0 spiro atoms. The van der Waals surface area contributed by atoms with Crippen LogP contribution in [0.15, 0.2) is 24.3 Å². The van der Waals surface area contributed by atoms with Crippen LogP contribution in [-0.4, -0.2) is 30.7 Å². The summed E-state index contributed by atoms with van der Waals surface area (Å²) in [5, 5.41) is 9.26. The minimum absolute atomic E-state index is 0.0991. The second-order valence-corrected chi connectivity index (χ2v) is 4.56. The molecule has 0 saturated carbocycles. The Bertz CT molecular complexity index is 264. The number of aliphatic hydroxyl groups is 1. The highest BCUT2D eigenvalue weighted by Gasteiger charge is 1.94. The summed E-state index contributed by atoms with van der Waals surface area (Å²) in [5.74, 6) is 1.92. The Hall–Kier alpha value is -0.220. The standard InChI is InChI=1S/C11H15ClO2S/c12-11-3-1-10(2-4-11)9-15-8-7-14-6-5-13/h1-4,13H,5-9H2. The van der Waals surface area contributed by atoms with Crippen molar-refractivity contribution in [1.29, 1.82) is 0 Å². The number of thioether (sulfide) groups is 1. The highest BCUT2D eigenvalue weighted by Crippen LogP contribution is 2.15. The fourth-order valence-electron chi connectivity index (χ4n) is 1.06. The molecule has 0 aliphatic carbocycles. The van der Waals surface area contributed by atoms with E-state index in [-0.39, 0.29) is 6.61 Å². The third-order valence-electron chi connectivity index (χ3n) is 1.79. The molecule has 4 heteroatoms. The lowest BCUT2D eigenvalue weighted by atomic mass is 10.2. The van der Waals surface area contributed by atoms with Crippen LogP contribution in [0.1, 0.15) is 5.56 Å². The van der Waals surface area contributed by atoms with Crippen molar-refractivity contribution in [2.75, 3.05) is 25.6 Å². The van der Waals surface area contributed by atoms with Crippen molar-refractivity contribution >= 4 is 23.4 Å².